The summed E-state index contributed by atoms with van der Waals surface area (Å²) in [5, 5.41) is 2.79. The molecule has 1 aromatic rings. The van der Waals surface area contributed by atoms with E-state index in [1.807, 2.05) is 52.8 Å². The Bertz CT molecular complexity index is 464. The third-order valence-corrected chi connectivity index (χ3v) is 3.31. The Morgan fingerprint density at radius 1 is 1.25 bits per heavy atom. The lowest BCUT2D eigenvalue weighted by Crippen LogP contribution is -2.50. The lowest BCUT2D eigenvalue weighted by atomic mass is 10.1. The van der Waals surface area contributed by atoms with Crippen LogP contribution in [0.1, 0.15) is 38.8 Å². The highest BCUT2D eigenvalue weighted by atomic mass is 16.5. The molecule has 20 heavy (non-hydrogen) atoms. The summed E-state index contributed by atoms with van der Waals surface area (Å²) >= 11 is 0. The number of benzene rings is 1. The van der Waals surface area contributed by atoms with Crippen molar-refractivity contribution >= 4 is 6.03 Å². The molecule has 0 bridgehead atoms. The smallest absolute Gasteiger partial charge is 0.320 e. The van der Waals surface area contributed by atoms with Crippen LogP contribution in [0.15, 0.2) is 18.2 Å². The van der Waals surface area contributed by atoms with Crippen molar-refractivity contribution in [1.82, 2.24) is 10.2 Å². The van der Waals surface area contributed by atoms with Gasteiger partial charge in [-0.2, -0.15) is 0 Å². The molecule has 0 heterocycles. The van der Waals surface area contributed by atoms with Crippen LogP contribution in [-0.4, -0.2) is 29.7 Å². The number of nitrogens with zero attached hydrogens (tertiary/aromatic N) is 1. The van der Waals surface area contributed by atoms with Crippen molar-refractivity contribution < 1.29 is 9.53 Å². The molecule has 0 aliphatic rings. The standard InChI is InChI=1S/C16H26N2O2/c1-7-18(16(4,5)6)15(19)17-11-20-14-9-8-12(2)13(3)10-14/h8-10H,7,11H2,1-6H3,(H,17,19). The molecular weight excluding hydrogens is 252 g/mol. The third kappa shape index (κ3) is 4.44. The zero-order chi connectivity index (χ0) is 15.3. The molecule has 0 radical (unpaired) electrons. The van der Waals surface area contributed by atoms with Gasteiger partial charge in [0.05, 0.1) is 0 Å². The lowest BCUT2D eigenvalue weighted by Gasteiger charge is -2.34. The van der Waals surface area contributed by atoms with Gasteiger partial charge in [0.15, 0.2) is 6.73 Å². The van der Waals surface area contributed by atoms with Crippen LogP contribution >= 0.6 is 0 Å². The molecule has 2 amide bonds. The quantitative estimate of drug-likeness (QED) is 0.857. The van der Waals surface area contributed by atoms with Crippen molar-refractivity contribution in [3.8, 4) is 5.75 Å². The fourth-order valence-electron chi connectivity index (χ4n) is 2.00. The maximum Gasteiger partial charge on any atom is 0.320 e. The number of amides is 2. The van der Waals surface area contributed by atoms with Gasteiger partial charge in [-0.05, 0) is 64.8 Å². The van der Waals surface area contributed by atoms with Crippen LogP contribution in [0.3, 0.4) is 0 Å². The molecule has 4 nitrogen and oxygen atoms in total. The van der Waals surface area contributed by atoms with E-state index in [0.29, 0.717) is 6.54 Å². The molecule has 1 N–H and O–H groups in total. The Labute approximate surface area is 122 Å². The number of carbonyl (C=O) groups is 1. The second-order valence-corrected chi connectivity index (χ2v) is 5.93. The predicted molar refractivity (Wildman–Crippen MR) is 82.1 cm³/mol. The summed E-state index contributed by atoms with van der Waals surface area (Å²) in [5.74, 6) is 0.771. The summed E-state index contributed by atoms with van der Waals surface area (Å²) in [7, 11) is 0. The molecule has 0 saturated heterocycles. The van der Waals surface area contributed by atoms with Gasteiger partial charge in [-0.25, -0.2) is 4.79 Å². The van der Waals surface area contributed by atoms with Crippen LogP contribution in [0.5, 0.6) is 5.75 Å². The monoisotopic (exact) mass is 278 g/mol. The first-order valence-electron chi connectivity index (χ1n) is 7.01. The van der Waals surface area contributed by atoms with E-state index in [2.05, 4.69) is 12.2 Å². The van der Waals surface area contributed by atoms with Crippen LogP contribution < -0.4 is 10.1 Å². The van der Waals surface area contributed by atoms with E-state index in [1.165, 1.54) is 11.1 Å². The van der Waals surface area contributed by atoms with Gasteiger partial charge in [-0.1, -0.05) is 6.07 Å². The second kappa shape index (κ2) is 6.64. The maximum absolute atomic E-state index is 12.1. The van der Waals surface area contributed by atoms with Crippen molar-refractivity contribution in [3.63, 3.8) is 0 Å². The lowest BCUT2D eigenvalue weighted by molar-refractivity contribution is 0.141. The Balaban J connectivity index is 2.51. The first-order valence-corrected chi connectivity index (χ1v) is 7.01. The van der Waals surface area contributed by atoms with Gasteiger partial charge >= 0.3 is 6.03 Å². The number of urea groups is 1. The first kappa shape index (κ1) is 16.3. The van der Waals surface area contributed by atoms with Crippen molar-refractivity contribution in [1.29, 1.82) is 0 Å². The van der Waals surface area contributed by atoms with Crippen LogP contribution in [0, 0.1) is 13.8 Å². The van der Waals surface area contributed by atoms with E-state index in [4.69, 9.17) is 4.74 Å². The molecule has 0 saturated carbocycles. The summed E-state index contributed by atoms with van der Waals surface area (Å²) in [6.45, 7) is 12.9. The Morgan fingerprint density at radius 3 is 2.40 bits per heavy atom. The second-order valence-electron chi connectivity index (χ2n) is 5.93. The van der Waals surface area contributed by atoms with E-state index in [9.17, 15) is 4.79 Å². The normalized spacial score (nSPS) is 11.1. The highest BCUT2D eigenvalue weighted by Crippen LogP contribution is 2.16. The van der Waals surface area contributed by atoms with Crippen LogP contribution in [0.4, 0.5) is 4.79 Å². The van der Waals surface area contributed by atoms with E-state index in [0.717, 1.165) is 5.75 Å². The number of rotatable bonds is 4. The summed E-state index contributed by atoms with van der Waals surface area (Å²) in [4.78, 5) is 13.8. The number of nitrogens with one attached hydrogen (secondary N) is 1. The van der Waals surface area contributed by atoms with Gasteiger partial charge in [0.2, 0.25) is 0 Å². The minimum absolute atomic E-state index is 0.108. The molecule has 0 aliphatic carbocycles. The Kier molecular flexibility index (Phi) is 5.43. The summed E-state index contributed by atoms with van der Waals surface area (Å²) in [6.07, 6.45) is 0. The average Bonchev–Trinajstić information content (AvgIpc) is 2.32. The van der Waals surface area contributed by atoms with E-state index in [1.54, 1.807) is 4.90 Å². The molecule has 1 rings (SSSR count). The zero-order valence-electron chi connectivity index (χ0n) is 13.4. The average molecular weight is 278 g/mol. The van der Waals surface area contributed by atoms with Crippen molar-refractivity contribution in [3.05, 3.63) is 29.3 Å². The van der Waals surface area contributed by atoms with Crippen LogP contribution in [-0.2, 0) is 0 Å². The topological polar surface area (TPSA) is 41.6 Å². The molecular formula is C16H26N2O2. The number of ether oxygens (including phenoxy) is 1. The van der Waals surface area contributed by atoms with E-state index in [-0.39, 0.29) is 18.3 Å². The molecule has 0 aliphatic heterocycles. The highest BCUT2D eigenvalue weighted by molar-refractivity contribution is 5.74. The number of aryl methyl sites for hydroxylation is 2. The van der Waals surface area contributed by atoms with Crippen molar-refractivity contribution in [2.75, 3.05) is 13.3 Å². The van der Waals surface area contributed by atoms with Gasteiger partial charge < -0.3 is 15.0 Å². The van der Waals surface area contributed by atoms with Gasteiger partial charge in [-0.15, -0.1) is 0 Å². The predicted octanol–water partition coefficient (Wildman–Crippen LogP) is 3.47. The third-order valence-electron chi connectivity index (χ3n) is 3.31. The molecule has 0 aromatic heterocycles. The molecule has 1 aromatic carbocycles. The van der Waals surface area contributed by atoms with Gasteiger partial charge in [0.25, 0.3) is 0 Å². The Morgan fingerprint density at radius 2 is 1.90 bits per heavy atom. The van der Waals surface area contributed by atoms with Crippen molar-refractivity contribution in [2.24, 2.45) is 0 Å². The van der Waals surface area contributed by atoms with Gasteiger partial charge in [0.1, 0.15) is 5.75 Å². The van der Waals surface area contributed by atoms with Gasteiger partial charge in [-0.3, -0.25) is 0 Å². The highest BCUT2D eigenvalue weighted by Gasteiger charge is 2.24. The fraction of sp³-hybridized carbons (Fsp3) is 0.562. The molecule has 4 heteroatoms. The number of hydrogen-bond acceptors (Lipinski definition) is 2. The SMILES string of the molecule is CCN(C(=O)NCOc1ccc(C)c(C)c1)C(C)(C)C. The fourth-order valence-corrected chi connectivity index (χ4v) is 2.00. The number of hydrogen-bond donors (Lipinski definition) is 1. The van der Waals surface area contributed by atoms with E-state index < -0.39 is 0 Å². The first-order chi connectivity index (χ1) is 9.25. The van der Waals surface area contributed by atoms with Crippen molar-refractivity contribution in [2.45, 2.75) is 47.1 Å². The minimum atomic E-state index is -0.195. The minimum Gasteiger partial charge on any atom is -0.473 e. The largest absolute Gasteiger partial charge is 0.473 e. The number of carbonyl (C=O) groups excluding carboxylic acids is 1. The Hall–Kier alpha value is -1.71. The molecule has 0 spiro atoms. The maximum atomic E-state index is 12.1. The molecule has 0 atom stereocenters. The summed E-state index contributed by atoms with van der Waals surface area (Å²) in [5.41, 5.74) is 2.21. The molecule has 0 unspecified atom stereocenters. The van der Waals surface area contributed by atoms with E-state index >= 15 is 0 Å². The zero-order valence-corrected chi connectivity index (χ0v) is 13.4. The summed E-state index contributed by atoms with van der Waals surface area (Å²) < 4.78 is 5.56. The molecule has 0 fully saturated rings. The molecule has 112 valence electrons. The van der Waals surface area contributed by atoms with Crippen LogP contribution in [0.25, 0.3) is 0 Å². The van der Waals surface area contributed by atoms with Crippen LogP contribution in [0.2, 0.25) is 0 Å². The van der Waals surface area contributed by atoms with Gasteiger partial charge in [0, 0.05) is 12.1 Å². The summed E-state index contributed by atoms with van der Waals surface area (Å²) in [6, 6.07) is 5.79.